The Bertz CT molecular complexity index is 877. The Morgan fingerprint density at radius 3 is 2.61 bits per heavy atom. The fourth-order valence-corrected chi connectivity index (χ4v) is 1.99. The van der Waals surface area contributed by atoms with Crippen molar-refractivity contribution in [2.45, 2.75) is 13.8 Å². The molecule has 0 aliphatic heterocycles. The van der Waals surface area contributed by atoms with Crippen LogP contribution in [-0.4, -0.2) is 25.4 Å². The van der Waals surface area contributed by atoms with E-state index in [-0.39, 0.29) is 28.2 Å². The minimum atomic E-state index is -1.21. The van der Waals surface area contributed by atoms with Crippen LogP contribution in [0.3, 0.4) is 0 Å². The van der Waals surface area contributed by atoms with E-state index in [0.717, 1.165) is 12.1 Å². The first-order valence-electron chi connectivity index (χ1n) is 6.79. The predicted molar refractivity (Wildman–Crippen MR) is 81.1 cm³/mol. The first-order chi connectivity index (χ1) is 11.0. The van der Waals surface area contributed by atoms with Gasteiger partial charge >= 0.3 is 5.97 Å². The lowest BCUT2D eigenvalue weighted by Crippen LogP contribution is -2.01. The standard InChI is InChI=1S/C13H8F2N4O2.C2H6/c14-6-1-2-7(16)11(15)10(6)8-4-19-5-18-12(13(20)21)9(19)3-17-8;1-2/h1-5H,16H2,(H,20,21);1-2H3. The minimum Gasteiger partial charge on any atom is -0.476 e. The number of carboxylic acids is 1. The zero-order valence-electron chi connectivity index (χ0n) is 12.4. The molecule has 6 nitrogen and oxygen atoms in total. The molecule has 0 spiro atoms. The highest BCUT2D eigenvalue weighted by Gasteiger charge is 2.18. The van der Waals surface area contributed by atoms with Gasteiger partial charge in [-0.25, -0.2) is 18.6 Å². The number of hydrogen-bond acceptors (Lipinski definition) is 4. The summed E-state index contributed by atoms with van der Waals surface area (Å²) in [7, 11) is 0. The molecule has 3 aromatic rings. The monoisotopic (exact) mass is 320 g/mol. The Morgan fingerprint density at radius 2 is 1.96 bits per heavy atom. The van der Waals surface area contributed by atoms with Crippen molar-refractivity contribution in [3.63, 3.8) is 0 Å². The van der Waals surface area contributed by atoms with Gasteiger partial charge in [0.1, 0.15) is 12.1 Å². The number of imidazole rings is 1. The first-order valence-corrected chi connectivity index (χ1v) is 6.79. The molecule has 120 valence electrons. The number of aromatic carboxylic acids is 1. The summed E-state index contributed by atoms with van der Waals surface area (Å²) < 4.78 is 29.1. The normalized spacial score (nSPS) is 10.3. The number of nitrogens with zero attached hydrogens (tertiary/aromatic N) is 3. The third kappa shape index (κ3) is 2.83. The molecule has 2 heterocycles. The Hall–Kier alpha value is -3.03. The number of carbonyl (C=O) groups is 1. The number of carboxylic acid groups (broad SMARTS) is 1. The maximum atomic E-state index is 14.0. The molecule has 1 aromatic carbocycles. The van der Waals surface area contributed by atoms with E-state index in [0.29, 0.717) is 0 Å². The molecule has 3 N–H and O–H groups in total. The number of aromatic nitrogens is 3. The minimum absolute atomic E-state index is 0.0147. The molecule has 2 aromatic heterocycles. The summed E-state index contributed by atoms with van der Waals surface area (Å²) in [5, 5.41) is 8.94. The van der Waals surface area contributed by atoms with E-state index in [4.69, 9.17) is 10.8 Å². The van der Waals surface area contributed by atoms with Crippen LogP contribution in [0.2, 0.25) is 0 Å². The summed E-state index contributed by atoms with van der Waals surface area (Å²) >= 11 is 0. The number of rotatable bonds is 2. The molecule has 0 amide bonds. The molecule has 0 aliphatic rings. The zero-order valence-corrected chi connectivity index (χ0v) is 12.4. The van der Waals surface area contributed by atoms with Crippen molar-refractivity contribution in [2.24, 2.45) is 0 Å². The maximum Gasteiger partial charge on any atom is 0.356 e. The Labute approximate surface area is 130 Å². The first kappa shape index (κ1) is 16.3. The lowest BCUT2D eigenvalue weighted by atomic mass is 10.1. The summed E-state index contributed by atoms with van der Waals surface area (Å²) in [5.41, 5.74) is 4.85. The summed E-state index contributed by atoms with van der Waals surface area (Å²) in [6, 6.07) is 2.16. The van der Waals surface area contributed by atoms with Gasteiger partial charge in [-0.15, -0.1) is 0 Å². The van der Waals surface area contributed by atoms with Crippen molar-refractivity contribution in [2.75, 3.05) is 5.73 Å². The molecule has 3 rings (SSSR count). The van der Waals surface area contributed by atoms with Gasteiger partial charge in [0.15, 0.2) is 11.5 Å². The average Bonchev–Trinajstić information content (AvgIpc) is 2.97. The fraction of sp³-hybridized carbons (Fsp3) is 0.133. The molecule has 0 saturated heterocycles. The van der Waals surface area contributed by atoms with Crippen LogP contribution in [0.15, 0.2) is 30.9 Å². The summed E-state index contributed by atoms with van der Waals surface area (Å²) in [6.45, 7) is 4.00. The lowest BCUT2D eigenvalue weighted by molar-refractivity contribution is 0.0693. The highest BCUT2D eigenvalue weighted by Crippen LogP contribution is 2.28. The zero-order chi connectivity index (χ0) is 17.1. The van der Waals surface area contributed by atoms with Gasteiger partial charge < -0.3 is 15.2 Å². The Balaban J connectivity index is 0.000000924. The molecular weight excluding hydrogens is 306 g/mol. The molecule has 0 atom stereocenters. The number of nitrogens with two attached hydrogens (primary N) is 1. The lowest BCUT2D eigenvalue weighted by Gasteiger charge is -2.07. The van der Waals surface area contributed by atoms with Gasteiger partial charge in [0, 0.05) is 6.20 Å². The van der Waals surface area contributed by atoms with E-state index in [1.807, 2.05) is 13.8 Å². The van der Waals surface area contributed by atoms with E-state index in [1.165, 1.54) is 23.1 Å². The number of fused-ring (bicyclic) bond motifs is 1. The number of anilines is 1. The van der Waals surface area contributed by atoms with Gasteiger partial charge in [0.25, 0.3) is 0 Å². The number of nitrogen functional groups attached to an aromatic ring is 1. The number of benzene rings is 1. The molecule has 0 bridgehead atoms. The van der Waals surface area contributed by atoms with Crippen molar-refractivity contribution in [1.29, 1.82) is 0 Å². The van der Waals surface area contributed by atoms with Crippen molar-refractivity contribution in [3.05, 3.63) is 48.2 Å². The van der Waals surface area contributed by atoms with Gasteiger partial charge in [-0.3, -0.25) is 4.98 Å². The number of halogens is 2. The highest BCUT2D eigenvalue weighted by molar-refractivity contribution is 5.93. The molecule has 8 heteroatoms. The fourth-order valence-electron chi connectivity index (χ4n) is 1.99. The quantitative estimate of drug-likeness (QED) is 0.708. The molecular formula is C15H14F2N4O2. The largest absolute Gasteiger partial charge is 0.476 e. The Morgan fingerprint density at radius 1 is 1.26 bits per heavy atom. The van der Waals surface area contributed by atoms with Crippen LogP contribution in [0.1, 0.15) is 24.3 Å². The van der Waals surface area contributed by atoms with Gasteiger partial charge in [0.05, 0.1) is 28.7 Å². The van der Waals surface area contributed by atoms with E-state index in [2.05, 4.69) is 9.97 Å². The SMILES string of the molecule is CC.Nc1ccc(F)c(-c2cn3cnc(C(=O)O)c3cn2)c1F. The van der Waals surface area contributed by atoms with Crippen LogP contribution in [-0.2, 0) is 0 Å². The van der Waals surface area contributed by atoms with Crippen LogP contribution in [0.5, 0.6) is 0 Å². The molecule has 0 radical (unpaired) electrons. The molecule has 23 heavy (non-hydrogen) atoms. The van der Waals surface area contributed by atoms with Gasteiger partial charge in [-0.1, -0.05) is 13.8 Å². The molecule has 0 saturated carbocycles. The van der Waals surface area contributed by atoms with Crippen LogP contribution in [0.4, 0.5) is 14.5 Å². The second-order valence-corrected chi connectivity index (χ2v) is 4.29. The third-order valence-corrected chi connectivity index (χ3v) is 3.00. The van der Waals surface area contributed by atoms with E-state index in [9.17, 15) is 13.6 Å². The third-order valence-electron chi connectivity index (χ3n) is 3.00. The summed E-state index contributed by atoms with van der Waals surface area (Å²) in [6.07, 6.45) is 3.70. The summed E-state index contributed by atoms with van der Waals surface area (Å²) in [5.74, 6) is -2.94. The van der Waals surface area contributed by atoms with E-state index in [1.54, 1.807) is 0 Å². The van der Waals surface area contributed by atoms with E-state index >= 15 is 0 Å². The van der Waals surface area contributed by atoms with Crippen molar-refractivity contribution >= 4 is 17.2 Å². The smallest absolute Gasteiger partial charge is 0.356 e. The predicted octanol–water partition coefficient (Wildman–Crippen LogP) is 2.98. The molecule has 0 fully saturated rings. The topological polar surface area (TPSA) is 93.5 Å². The summed E-state index contributed by atoms with van der Waals surface area (Å²) in [4.78, 5) is 18.5. The second kappa shape index (κ2) is 6.39. The number of hydrogen-bond donors (Lipinski definition) is 2. The second-order valence-electron chi connectivity index (χ2n) is 4.29. The molecule has 0 aliphatic carbocycles. The Kier molecular flexibility index (Phi) is 4.54. The van der Waals surface area contributed by atoms with Crippen molar-refractivity contribution < 1.29 is 18.7 Å². The van der Waals surface area contributed by atoms with Gasteiger partial charge in [-0.2, -0.15) is 0 Å². The van der Waals surface area contributed by atoms with Crippen LogP contribution < -0.4 is 5.73 Å². The van der Waals surface area contributed by atoms with Crippen molar-refractivity contribution in [3.8, 4) is 11.3 Å². The van der Waals surface area contributed by atoms with Gasteiger partial charge in [-0.05, 0) is 12.1 Å². The maximum absolute atomic E-state index is 14.0. The van der Waals surface area contributed by atoms with Crippen LogP contribution in [0.25, 0.3) is 16.8 Å². The van der Waals surface area contributed by atoms with Crippen LogP contribution >= 0.6 is 0 Å². The average molecular weight is 320 g/mol. The highest BCUT2D eigenvalue weighted by atomic mass is 19.1. The van der Waals surface area contributed by atoms with Crippen molar-refractivity contribution in [1.82, 2.24) is 14.4 Å². The van der Waals surface area contributed by atoms with Crippen LogP contribution in [0, 0.1) is 11.6 Å². The van der Waals surface area contributed by atoms with E-state index < -0.39 is 17.6 Å². The van der Waals surface area contributed by atoms with Gasteiger partial charge in [0.2, 0.25) is 0 Å². The molecule has 0 unspecified atom stereocenters.